The summed E-state index contributed by atoms with van der Waals surface area (Å²) in [6.45, 7) is 3.42. The molecule has 10 atom stereocenters. The van der Waals surface area contributed by atoms with Crippen LogP contribution in [0.3, 0.4) is 0 Å². The summed E-state index contributed by atoms with van der Waals surface area (Å²) < 4.78 is 0. The lowest BCUT2D eigenvalue weighted by atomic mass is 9.52. The van der Waals surface area contributed by atoms with Gasteiger partial charge in [0.2, 0.25) is 9.74 Å². The second kappa shape index (κ2) is 7.92. The van der Waals surface area contributed by atoms with Gasteiger partial charge in [-0.1, -0.05) is 58.0 Å². The molecule has 238 valence electrons. The number of piperazine rings is 2. The van der Waals surface area contributed by atoms with E-state index in [-0.39, 0.29) is 11.8 Å². The Morgan fingerprint density at radius 3 is 1.37 bits per heavy atom. The van der Waals surface area contributed by atoms with Gasteiger partial charge in [-0.3, -0.25) is 29.0 Å². The number of likely N-dealkylation sites (N-methyl/N-ethyl adjacent to an activating group) is 2. The number of nitrogens with one attached hydrogen (secondary N) is 2. The van der Waals surface area contributed by atoms with Crippen LogP contribution in [0.5, 0.6) is 0 Å². The minimum Gasteiger partial charge on any atom is -0.388 e. The molecule has 2 aromatic rings. The van der Waals surface area contributed by atoms with Gasteiger partial charge in [0.1, 0.15) is 24.5 Å². The van der Waals surface area contributed by atoms with E-state index >= 15 is 0 Å². The van der Waals surface area contributed by atoms with Gasteiger partial charge in [-0.05, 0) is 58.7 Å². The molecule has 4 amide bonds. The summed E-state index contributed by atoms with van der Waals surface area (Å²) in [6.07, 6.45) is -5.21. The fourth-order valence-electron chi connectivity index (χ4n) is 9.79. The van der Waals surface area contributed by atoms with Crippen LogP contribution >= 0.6 is 43.2 Å². The first-order valence-corrected chi connectivity index (χ1v) is 19.2. The summed E-state index contributed by atoms with van der Waals surface area (Å²) in [4.78, 5) is 58.2. The number of hydrogen-bond acceptors (Lipinski definition) is 12. The second-order valence-corrected chi connectivity index (χ2v) is 19.0. The Morgan fingerprint density at radius 2 is 0.978 bits per heavy atom. The molecular weight excluding hydrogens is 669 g/mol. The number of nitrogens with zero attached hydrogens (tertiary/aromatic N) is 4. The minimum absolute atomic E-state index is 0.342. The Balaban J connectivity index is 1.36. The number of carbonyl (C=O) groups is 4. The first-order chi connectivity index (χ1) is 21.8. The summed E-state index contributed by atoms with van der Waals surface area (Å²) in [6, 6.07) is 14.8. The molecule has 0 saturated carbocycles. The summed E-state index contributed by atoms with van der Waals surface area (Å²) in [5, 5.41) is 33.6. The van der Waals surface area contributed by atoms with Crippen molar-refractivity contribution in [1.29, 1.82) is 0 Å². The number of benzene rings is 2. The quantitative estimate of drug-likeness (QED) is 0.320. The van der Waals surface area contributed by atoms with Gasteiger partial charge in [0, 0.05) is 25.5 Å². The van der Waals surface area contributed by atoms with E-state index in [2.05, 4.69) is 10.6 Å². The monoisotopic (exact) mass is 696 g/mol. The number of fused-ring (bicyclic) bond motifs is 11. The Labute approximate surface area is 279 Å². The van der Waals surface area contributed by atoms with Crippen molar-refractivity contribution in [3.05, 3.63) is 59.7 Å². The number of aliphatic hydroxyl groups is 2. The normalized spacial score (nSPS) is 47.0. The SMILES string of the molecule is CN1C(=O)[C@@]23SS[C@@]1(C)C(=O)N2[C@H]1Nc2ccccc2[C@]1([C@]12c4ccccc4N[C@@H]1N1C(=O)[C@]4(C)SS[C@@]1(C(=O)N4C)[C@H]2O)[C@@H]3O. The third-order valence-corrected chi connectivity index (χ3v) is 19.5. The minimum atomic E-state index is -1.76. The first kappa shape index (κ1) is 28.3. The number of aliphatic hydroxyl groups excluding tert-OH is 2. The Bertz CT molecular complexity index is 1760. The van der Waals surface area contributed by atoms with Gasteiger partial charge in [-0.2, -0.15) is 0 Å². The van der Waals surface area contributed by atoms with E-state index in [1.807, 2.05) is 48.5 Å². The smallest absolute Gasteiger partial charge is 0.264 e. The fraction of sp³-hybridized carbons (Fsp3) is 0.467. The molecule has 4 bridgehead atoms. The summed E-state index contributed by atoms with van der Waals surface area (Å²) >= 11 is 0. The van der Waals surface area contributed by atoms with Crippen molar-refractivity contribution in [3.8, 4) is 0 Å². The van der Waals surface area contributed by atoms with Crippen molar-refractivity contribution < 1.29 is 29.4 Å². The number of rotatable bonds is 1. The second-order valence-electron chi connectivity index (χ2n) is 13.5. The van der Waals surface area contributed by atoms with E-state index in [1.165, 1.54) is 62.8 Å². The number of para-hydroxylation sites is 2. The average Bonchev–Trinajstić information content (AvgIpc) is 3.70. The standard InChI is InChI=1S/C30H28N6O6S4/c1-25-21(39)35-19-27(13-9-5-7-11-15(13)31-19,17(37)29(35,45-43-25)23(41)33(25)3)28-14-10-6-8-12-16(14)32-20(28)36-22(40)26(2)34(4)24(42)30(36,18(28)38)46-44-26/h5-12,17-20,31-32,37-38H,1-4H3/t17-,18-,19+,20+,25-,26-,27-,28-,29+,30+/m0/s1. The zero-order chi connectivity index (χ0) is 32.1. The Kier molecular flexibility index (Phi) is 4.87. The highest BCUT2D eigenvalue weighted by Gasteiger charge is 2.92. The fourth-order valence-corrected chi connectivity index (χ4v) is 16.9. The maximum absolute atomic E-state index is 14.7. The molecule has 0 aliphatic carbocycles. The summed E-state index contributed by atoms with van der Waals surface area (Å²) in [5.74, 6) is -1.52. The van der Waals surface area contributed by atoms with E-state index in [0.29, 0.717) is 22.5 Å². The van der Waals surface area contributed by atoms with Crippen LogP contribution in [0.2, 0.25) is 0 Å². The van der Waals surface area contributed by atoms with E-state index in [0.717, 1.165) is 0 Å². The van der Waals surface area contributed by atoms with Crippen LogP contribution in [0, 0.1) is 0 Å². The molecule has 0 unspecified atom stereocenters. The Hall–Kier alpha value is -2.76. The molecule has 16 heteroatoms. The van der Waals surface area contributed by atoms with E-state index in [9.17, 15) is 29.4 Å². The van der Waals surface area contributed by atoms with Gasteiger partial charge in [0.25, 0.3) is 23.6 Å². The lowest BCUT2D eigenvalue weighted by molar-refractivity contribution is -0.166. The third-order valence-electron chi connectivity index (χ3n) is 12.1. The highest BCUT2D eigenvalue weighted by Crippen LogP contribution is 2.78. The molecule has 12 nitrogen and oxygen atoms in total. The maximum atomic E-state index is 14.7. The molecule has 4 N–H and O–H groups in total. The van der Waals surface area contributed by atoms with Crippen LogP contribution in [0.4, 0.5) is 11.4 Å². The molecule has 2 aromatic carbocycles. The Morgan fingerprint density at radius 1 is 0.609 bits per heavy atom. The van der Waals surface area contributed by atoms with E-state index in [4.69, 9.17) is 0 Å². The van der Waals surface area contributed by atoms with Gasteiger partial charge in [0.05, 0.1) is 10.8 Å². The molecule has 2 spiro atoms. The van der Waals surface area contributed by atoms with Crippen molar-refractivity contribution in [2.24, 2.45) is 0 Å². The van der Waals surface area contributed by atoms with Crippen molar-refractivity contribution in [1.82, 2.24) is 19.6 Å². The predicted molar refractivity (Wildman–Crippen MR) is 175 cm³/mol. The van der Waals surface area contributed by atoms with Gasteiger partial charge in [-0.25, -0.2) is 0 Å². The van der Waals surface area contributed by atoms with Crippen LogP contribution in [-0.2, 0) is 30.0 Å². The molecule has 8 fully saturated rings. The predicted octanol–water partition coefficient (Wildman–Crippen LogP) is 1.33. The topological polar surface area (TPSA) is 146 Å². The van der Waals surface area contributed by atoms with Gasteiger partial charge in [0.15, 0.2) is 9.74 Å². The van der Waals surface area contributed by atoms with Crippen molar-refractivity contribution in [2.75, 3.05) is 24.7 Å². The molecule has 0 radical (unpaired) electrons. The number of hydrogen-bond donors (Lipinski definition) is 4. The number of carbonyl (C=O) groups excluding carboxylic acids is 4. The van der Waals surface area contributed by atoms with Crippen LogP contribution in [-0.4, -0.2) is 112 Å². The molecule has 0 aromatic heterocycles. The third kappa shape index (κ3) is 2.30. The summed E-state index contributed by atoms with van der Waals surface area (Å²) in [7, 11) is 7.98. The van der Waals surface area contributed by atoms with E-state index < -0.39 is 66.7 Å². The van der Waals surface area contributed by atoms with Crippen LogP contribution in [0.15, 0.2) is 48.5 Å². The van der Waals surface area contributed by atoms with Gasteiger partial charge < -0.3 is 30.6 Å². The average molecular weight is 697 g/mol. The maximum Gasteiger partial charge on any atom is 0.264 e. The number of amides is 4. The van der Waals surface area contributed by atoms with Crippen molar-refractivity contribution >= 4 is 78.2 Å². The number of anilines is 2. The lowest BCUT2D eigenvalue weighted by Gasteiger charge is -2.58. The van der Waals surface area contributed by atoms with Crippen LogP contribution < -0.4 is 10.6 Å². The molecule has 10 aliphatic heterocycles. The highest BCUT2D eigenvalue weighted by atomic mass is 33.1. The largest absolute Gasteiger partial charge is 0.388 e. The molecule has 46 heavy (non-hydrogen) atoms. The van der Waals surface area contributed by atoms with Crippen LogP contribution in [0.1, 0.15) is 25.0 Å². The molecule has 10 aliphatic rings. The lowest BCUT2D eigenvalue weighted by Crippen LogP contribution is -2.77. The molecule has 10 heterocycles. The zero-order valence-corrected chi connectivity index (χ0v) is 28.1. The molecule has 8 saturated heterocycles. The summed E-state index contributed by atoms with van der Waals surface area (Å²) in [5.41, 5.74) is -0.775. The van der Waals surface area contributed by atoms with Crippen molar-refractivity contribution in [3.63, 3.8) is 0 Å². The zero-order valence-electron chi connectivity index (χ0n) is 24.9. The van der Waals surface area contributed by atoms with Gasteiger partial charge >= 0.3 is 0 Å². The molecular formula is C30H28N6O6S4. The van der Waals surface area contributed by atoms with Gasteiger partial charge in [-0.15, -0.1) is 0 Å². The molecule has 12 rings (SSSR count). The highest BCUT2D eigenvalue weighted by molar-refractivity contribution is 8.78. The first-order valence-electron chi connectivity index (χ1n) is 14.9. The van der Waals surface area contributed by atoms with Crippen molar-refractivity contribution in [2.45, 2.75) is 68.7 Å². The van der Waals surface area contributed by atoms with E-state index in [1.54, 1.807) is 27.9 Å². The van der Waals surface area contributed by atoms with Crippen LogP contribution in [0.25, 0.3) is 0 Å².